The van der Waals surface area contributed by atoms with E-state index in [4.69, 9.17) is 0 Å². The first-order chi connectivity index (χ1) is 8.65. The standard InChI is InChI=1S/C17H18O/c1-13-6-8-15(9-7-13)10-11-17(18)16-5-3-4-14(2)12-16/h3-9,12H,10-11H2,1-2H3. The summed E-state index contributed by atoms with van der Waals surface area (Å²) in [4.78, 5) is 12.0. The van der Waals surface area contributed by atoms with Gasteiger partial charge in [0.2, 0.25) is 0 Å². The normalized spacial score (nSPS) is 10.3. The molecular formula is C17H18O. The number of aryl methyl sites for hydroxylation is 3. The van der Waals surface area contributed by atoms with Crippen molar-refractivity contribution in [2.24, 2.45) is 0 Å². The maximum atomic E-state index is 12.0. The van der Waals surface area contributed by atoms with Gasteiger partial charge in [-0.25, -0.2) is 0 Å². The van der Waals surface area contributed by atoms with E-state index in [2.05, 4.69) is 31.2 Å². The third-order valence-electron chi connectivity index (χ3n) is 3.10. The highest BCUT2D eigenvalue weighted by Gasteiger charge is 2.05. The van der Waals surface area contributed by atoms with Crippen LogP contribution in [0.25, 0.3) is 0 Å². The predicted octanol–water partition coefficient (Wildman–Crippen LogP) is 4.12. The molecule has 0 aliphatic heterocycles. The van der Waals surface area contributed by atoms with Gasteiger partial charge in [-0.3, -0.25) is 4.79 Å². The Kier molecular flexibility index (Phi) is 3.93. The third kappa shape index (κ3) is 3.30. The quantitative estimate of drug-likeness (QED) is 0.732. The molecular weight excluding hydrogens is 220 g/mol. The van der Waals surface area contributed by atoms with Crippen molar-refractivity contribution in [3.63, 3.8) is 0 Å². The van der Waals surface area contributed by atoms with Crippen LogP contribution in [-0.2, 0) is 6.42 Å². The van der Waals surface area contributed by atoms with Crippen LogP contribution in [0.3, 0.4) is 0 Å². The van der Waals surface area contributed by atoms with Crippen LogP contribution >= 0.6 is 0 Å². The van der Waals surface area contributed by atoms with E-state index < -0.39 is 0 Å². The van der Waals surface area contributed by atoms with Crippen LogP contribution in [0.1, 0.15) is 33.5 Å². The molecule has 0 aliphatic carbocycles. The predicted molar refractivity (Wildman–Crippen MR) is 75.0 cm³/mol. The number of Topliss-reactive ketones (excluding diaryl/α,β-unsaturated/α-hetero) is 1. The highest BCUT2D eigenvalue weighted by atomic mass is 16.1. The Balaban J connectivity index is 1.98. The minimum atomic E-state index is 0.222. The fraction of sp³-hybridized carbons (Fsp3) is 0.235. The molecule has 0 heterocycles. The number of ketones is 1. The summed E-state index contributed by atoms with van der Waals surface area (Å²) in [6.07, 6.45) is 1.39. The molecule has 18 heavy (non-hydrogen) atoms. The van der Waals surface area contributed by atoms with Crippen molar-refractivity contribution in [2.45, 2.75) is 26.7 Å². The first-order valence-electron chi connectivity index (χ1n) is 6.30. The molecule has 2 aromatic carbocycles. The van der Waals surface area contributed by atoms with Gasteiger partial charge in [0, 0.05) is 12.0 Å². The molecule has 0 bridgehead atoms. The summed E-state index contributed by atoms with van der Waals surface area (Å²) in [5.41, 5.74) is 4.43. The largest absolute Gasteiger partial charge is 0.294 e. The van der Waals surface area contributed by atoms with Crippen LogP contribution in [0.5, 0.6) is 0 Å². The van der Waals surface area contributed by atoms with Gasteiger partial charge in [-0.05, 0) is 31.9 Å². The molecule has 0 fully saturated rings. The molecule has 2 rings (SSSR count). The van der Waals surface area contributed by atoms with Gasteiger partial charge in [0.25, 0.3) is 0 Å². The molecule has 0 radical (unpaired) electrons. The number of carbonyl (C=O) groups is 1. The Bertz CT molecular complexity index is 538. The average Bonchev–Trinajstić information content (AvgIpc) is 2.38. The van der Waals surface area contributed by atoms with E-state index in [1.54, 1.807) is 0 Å². The summed E-state index contributed by atoms with van der Waals surface area (Å²) in [7, 11) is 0. The minimum Gasteiger partial charge on any atom is -0.294 e. The molecule has 1 nitrogen and oxygen atoms in total. The molecule has 0 N–H and O–H groups in total. The second-order valence-corrected chi connectivity index (χ2v) is 4.78. The lowest BCUT2D eigenvalue weighted by Crippen LogP contribution is -2.01. The van der Waals surface area contributed by atoms with Crippen molar-refractivity contribution in [1.29, 1.82) is 0 Å². The summed E-state index contributed by atoms with van der Waals surface area (Å²) >= 11 is 0. The van der Waals surface area contributed by atoms with E-state index in [9.17, 15) is 4.79 Å². The zero-order valence-electron chi connectivity index (χ0n) is 10.9. The van der Waals surface area contributed by atoms with Gasteiger partial charge in [-0.1, -0.05) is 53.6 Å². The molecule has 1 heteroatoms. The number of hydrogen-bond acceptors (Lipinski definition) is 1. The van der Waals surface area contributed by atoms with Crippen LogP contribution in [0, 0.1) is 13.8 Å². The summed E-state index contributed by atoms with van der Waals surface area (Å²) in [5.74, 6) is 0.222. The van der Waals surface area contributed by atoms with Gasteiger partial charge >= 0.3 is 0 Å². The zero-order chi connectivity index (χ0) is 13.0. The van der Waals surface area contributed by atoms with Crippen molar-refractivity contribution in [1.82, 2.24) is 0 Å². The summed E-state index contributed by atoms with van der Waals surface area (Å²) in [5, 5.41) is 0. The smallest absolute Gasteiger partial charge is 0.163 e. The summed E-state index contributed by atoms with van der Waals surface area (Å²) in [6.45, 7) is 4.08. The first kappa shape index (κ1) is 12.6. The highest BCUT2D eigenvalue weighted by Crippen LogP contribution is 2.11. The van der Waals surface area contributed by atoms with Crippen molar-refractivity contribution < 1.29 is 4.79 Å². The number of benzene rings is 2. The van der Waals surface area contributed by atoms with Crippen molar-refractivity contribution in [2.75, 3.05) is 0 Å². The summed E-state index contributed by atoms with van der Waals surface area (Å²) in [6, 6.07) is 16.2. The summed E-state index contributed by atoms with van der Waals surface area (Å²) < 4.78 is 0. The molecule has 92 valence electrons. The monoisotopic (exact) mass is 238 g/mol. The van der Waals surface area contributed by atoms with Gasteiger partial charge < -0.3 is 0 Å². The maximum Gasteiger partial charge on any atom is 0.163 e. The Hall–Kier alpha value is -1.89. The lowest BCUT2D eigenvalue weighted by Gasteiger charge is -2.03. The molecule has 2 aromatic rings. The van der Waals surface area contributed by atoms with Gasteiger partial charge in [-0.2, -0.15) is 0 Å². The molecule has 0 aliphatic rings. The van der Waals surface area contributed by atoms with E-state index >= 15 is 0 Å². The lowest BCUT2D eigenvalue weighted by atomic mass is 10.0. The Morgan fingerprint density at radius 1 is 0.944 bits per heavy atom. The lowest BCUT2D eigenvalue weighted by molar-refractivity contribution is 0.0983. The Labute approximate surface area is 108 Å². The van der Waals surface area contributed by atoms with Crippen LogP contribution in [0.2, 0.25) is 0 Å². The second-order valence-electron chi connectivity index (χ2n) is 4.78. The Morgan fingerprint density at radius 2 is 1.67 bits per heavy atom. The topological polar surface area (TPSA) is 17.1 Å². The second kappa shape index (κ2) is 5.63. The van der Waals surface area contributed by atoms with E-state index in [1.807, 2.05) is 31.2 Å². The number of rotatable bonds is 4. The fourth-order valence-electron chi connectivity index (χ4n) is 1.98. The van der Waals surface area contributed by atoms with Gasteiger partial charge in [0.1, 0.15) is 0 Å². The fourth-order valence-corrected chi connectivity index (χ4v) is 1.98. The maximum absolute atomic E-state index is 12.0. The van der Waals surface area contributed by atoms with Crippen molar-refractivity contribution >= 4 is 5.78 Å². The SMILES string of the molecule is Cc1ccc(CCC(=O)c2cccc(C)c2)cc1. The zero-order valence-corrected chi connectivity index (χ0v) is 10.9. The average molecular weight is 238 g/mol. The minimum absolute atomic E-state index is 0.222. The van der Waals surface area contributed by atoms with Crippen molar-refractivity contribution in [3.8, 4) is 0 Å². The molecule has 0 aromatic heterocycles. The van der Waals surface area contributed by atoms with Gasteiger partial charge in [-0.15, -0.1) is 0 Å². The first-order valence-corrected chi connectivity index (χ1v) is 6.30. The van der Waals surface area contributed by atoms with Gasteiger partial charge in [0.05, 0.1) is 0 Å². The van der Waals surface area contributed by atoms with E-state index in [0.717, 1.165) is 17.5 Å². The van der Waals surface area contributed by atoms with E-state index in [0.29, 0.717) is 6.42 Å². The van der Waals surface area contributed by atoms with E-state index in [-0.39, 0.29) is 5.78 Å². The van der Waals surface area contributed by atoms with Crippen LogP contribution in [-0.4, -0.2) is 5.78 Å². The van der Waals surface area contributed by atoms with E-state index in [1.165, 1.54) is 11.1 Å². The van der Waals surface area contributed by atoms with Crippen molar-refractivity contribution in [3.05, 3.63) is 70.8 Å². The molecule has 0 saturated heterocycles. The molecule has 0 saturated carbocycles. The number of carbonyl (C=O) groups excluding carboxylic acids is 1. The molecule has 0 unspecified atom stereocenters. The molecule has 0 atom stereocenters. The van der Waals surface area contributed by atoms with Gasteiger partial charge in [0.15, 0.2) is 5.78 Å². The third-order valence-corrected chi connectivity index (χ3v) is 3.10. The van der Waals surface area contributed by atoms with Crippen LogP contribution in [0.15, 0.2) is 48.5 Å². The van der Waals surface area contributed by atoms with Crippen LogP contribution in [0.4, 0.5) is 0 Å². The number of hydrogen-bond donors (Lipinski definition) is 0. The Morgan fingerprint density at radius 3 is 2.33 bits per heavy atom. The van der Waals surface area contributed by atoms with Crippen LogP contribution < -0.4 is 0 Å². The molecule has 0 spiro atoms. The molecule has 0 amide bonds. The highest BCUT2D eigenvalue weighted by molar-refractivity contribution is 5.96.